The van der Waals surface area contributed by atoms with E-state index in [0.29, 0.717) is 11.6 Å². The first kappa shape index (κ1) is 21.3. The summed E-state index contributed by atoms with van der Waals surface area (Å²) in [5.41, 5.74) is 10.1. The van der Waals surface area contributed by atoms with Gasteiger partial charge < -0.3 is 20.3 Å². The van der Waals surface area contributed by atoms with Crippen molar-refractivity contribution < 1.29 is 9.53 Å². The van der Waals surface area contributed by atoms with Crippen LogP contribution in [0.3, 0.4) is 0 Å². The molecule has 1 aliphatic carbocycles. The van der Waals surface area contributed by atoms with Gasteiger partial charge in [0.25, 0.3) is 5.91 Å². The first-order valence-corrected chi connectivity index (χ1v) is 12.3. The SMILES string of the molecule is Nc1ccc(C(=O)N2CCC(COc3ccc4c(c3)CCN(CC3CC3)CC4)CC2)cc1. The number of piperidine rings is 1. The van der Waals surface area contributed by atoms with Crippen LogP contribution in [0.2, 0.25) is 0 Å². The van der Waals surface area contributed by atoms with Gasteiger partial charge in [0, 0.05) is 44.0 Å². The number of hydrogen-bond donors (Lipinski definition) is 1. The third kappa shape index (κ3) is 5.26. The number of carbonyl (C=O) groups is 1. The number of hydrogen-bond acceptors (Lipinski definition) is 4. The minimum atomic E-state index is 0.103. The minimum Gasteiger partial charge on any atom is -0.493 e. The molecule has 5 heteroatoms. The number of nitrogen functional groups attached to an aromatic ring is 1. The van der Waals surface area contributed by atoms with Crippen LogP contribution in [0, 0.1) is 11.8 Å². The second kappa shape index (κ2) is 9.53. The summed E-state index contributed by atoms with van der Waals surface area (Å²) in [5.74, 6) is 2.56. The van der Waals surface area contributed by atoms with Crippen LogP contribution in [0.15, 0.2) is 42.5 Å². The lowest BCUT2D eigenvalue weighted by atomic mass is 9.97. The molecule has 2 aromatic rings. The van der Waals surface area contributed by atoms with E-state index in [2.05, 4.69) is 23.1 Å². The summed E-state index contributed by atoms with van der Waals surface area (Å²) in [6.07, 6.45) is 7.11. The monoisotopic (exact) mass is 433 g/mol. The minimum absolute atomic E-state index is 0.103. The first-order valence-electron chi connectivity index (χ1n) is 12.3. The van der Waals surface area contributed by atoms with Crippen molar-refractivity contribution >= 4 is 11.6 Å². The molecule has 0 unspecified atom stereocenters. The van der Waals surface area contributed by atoms with Crippen LogP contribution in [-0.4, -0.2) is 55.0 Å². The number of anilines is 1. The first-order chi connectivity index (χ1) is 15.6. The van der Waals surface area contributed by atoms with Gasteiger partial charge in [-0.05, 0) is 97.9 Å². The highest BCUT2D eigenvalue weighted by Crippen LogP contribution is 2.31. The van der Waals surface area contributed by atoms with Gasteiger partial charge in [0.05, 0.1) is 6.61 Å². The van der Waals surface area contributed by atoms with Gasteiger partial charge in [-0.25, -0.2) is 0 Å². The van der Waals surface area contributed by atoms with E-state index >= 15 is 0 Å². The Hall–Kier alpha value is -2.53. The van der Waals surface area contributed by atoms with Crippen molar-refractivity contribution in [2.24, 2.45) is 11.8 Å². The van der Waals surface area contributed by atoms with E-state index in [1.165, 1.54) is 43.6 Å². The predicted octanol–water partition coefficient (Wildman–Crippen LogP) is 4.01. The molecule has 32 heavy (non-hydrogen) atoms. The van der Waals surface area contributed by atoms with Crippen LogP contribution in [0.5, 0.6) is 5.75 Å². The number of rotatable bonds is 6. The molecule has 0 spiro atoms. The number of amides is 1. The predicted molar refractivity (Wildman–Crippen MR) is 128 cm³/mol. The molecule has 2 N–H and O–H groups in total. The third-order valence-corrected chi connectivity index (χ3v) is 7.33. The van der Waals surface area contributed by atoms with Gasteiger partial charge in [0.2, 0.25) is 0 Å². The number of likely N-dealkylation sites (tertiary alicyclic amines) is 1. The molecule has 3 aliphatic rings. The normalized spacial score (nSPS) is 19.9. The maximum atomic E-state index is 12.7. The lowest BCUT2D eigenvalue weighted by Crippen LogP contribution is -2.39. The van der Waals surface area contributed by atoms with Crippen LogP contribution in [0.25, 0.3) is 0 Å². The van der Waals surface area contributed by atoms with Gasteiger partial charge in [-0.1, -0.05) is 6.07 Å². The van der Waals surface area contributed by atoms with Crippen LogP contribution in [-0.2, 0) is 12.8 Å². The maximum Gasteiger partial charge on any atom is 0.253 e. The van der Waals surface area contributed by atoms with Gasteiger partial charge in [-0.3, -0.25) is 4.79 Å². The highest BCUT2D eigenvalue weighted by Gasteiger charge is 2.26. The largest absolute Gasteiger partial charge is 0.493 e. The summed E-state index contributed by atoms with van der Waals surface area (Å²) in [4.78, 5) is 17.3. The highest BCUT2D eigenvalue weighted by molar-refractivity contribution is 5.94. The maximum absolute atomic E-state index is 12.7. The fourth-order valence-corrected chi connectivity index (χ4v) is 5.01. The molecule has 5 rings (SSSR count). The highest BCUT2D eigenvalue weighted by atomic mass is 16.5. The summed E-state index contributed by atoms with van der Waals surface area (Å²) in [6, 6.07) is 13.9. The number of nitrogens with two attached hydrogens (primary N) is 1. The van der Waals surface area contributed by atoms with Crippen molar-refractivity contribution in [3.05, 3.63) is 59.2 Å². The number of ether oxygens (including phenoxy) is 1. The van der Waals surface area contributed by atoms with Crippen LogP contribution < -0.4 is 10.5 Å². The Morgan fingerprint density at radius 2 is 1.59 bits per heavy atom. The average Bonchev–Trinajstić information content (AvgIpc) is 3.66. The van der Waals surface area contributed by atoms with E-state index < -0.39 is 0 Å². The van der Waals surface area contributed by atoms with Crippen molar-refractivity contribution in [2.75, 3.05) is 45.1 Å². The topological polar surface area (TPSA) is 58.8 Å². The van der Waals surface area contributed by atoms with E-state index in [4.69, 9.17) is 10.5 Å². The Labute approximate surface area is 191 Å². The van der Waals surface area contributed by atoms with Crippen LogP contribution >= 0.6 is 0 Å². The van der Waals surface area contributed by atoms with Crippen molar-refractivity contribution in [1.82, 2.24) is 9.80 Å². The molecule has 170 valence electrons. The molecule has 1 amide bonds. The Balaban J connectivity index is 1.09. The summed E-state index contributed by atoms with van der Waals surface area (Å²) in [6.45, 7) is 5.97. The van der Waals surface area contributed by atoms with Crippen LogP contribution in [0.4, 0.5) is 5.69 Å². The van der Waals surface area contributed by atoms with Crippen molar-refractivity contribution in [2.45, 2.75) is 38.5 Å². The van der Waals surface area contributed by atoms with E-state index in [1.807, 2.05) is 17.0 Å². The van der Waals surface area contributed by atoms with E-state index in [0.717, 1.165) is 62.6 Å². The van der Waals surface area contributed by atoms with E-state index in [-0.39, 0.29) is 5.91 Å². The Morgan fingerprint density at radius 3 is 2.31 bits per heavy atom. The molecule has 2 aromatic carbocycles. The summed E-state index contributed by atoms with van der Waals surface area (Å²) in [7, 11) is 0. The molecular weight excluding hydrogens is 398 g/mol. The number of benzene rings is 2. The molecular formula is C27H35N3O2. The third-order valence-electron chi connectivity index (χ3n) is 7.33. The lowest BCUT2D eigenvalue weighted by Gasteiger charge is -2.32. The summed E-state index contributed by atoms with van der Waals surface area (Å²) < 4.78 is 6.22. The fourth-order valence-electron chi connectivity index (χ4n) is 5.01. The summed E-state index contributed by atoms with van der Waals surface area (Å²) in [5, 5.41) is 0. The molecule has 0 bridgehead atoms. The fraction of sp³-hybridized carbons (Fsp3) is 0.519. The van der Waals surface area contributed by atoms with Crippen molar-refractivity contribution in [3.8, 4) is 5.75 Å². The zero-order valence-corrected chi connectivity index (χ0v) is 19.0. The second-order valence-electron chi connectivity index (χ2n) is 9.84. The van der Waals surface area contributed by atoms with E-state index in [9.17, 15) is 4.79 Å². The Morgan fingerprint density at radius 1 is 0.875 bits per heavy atom. The van der Waals surface area contributed by atoms with Gasteiger partial charge in [-0.2, -0.15) is 0 Å². The number of carbonyl (C=O) groups excluding carboxylic acids is 1. The van der Waals surface area contributed by atoms with Gasteiger partial charge in [-0.15, -0.1) is 0 Å². The number of fused-ring (bicyclic) bond motifs is 1. The molecule has 5 nitrogen and oxygen atoms in total. The lowest BCUT2D eigenvalue weighted by molar-refractivity contribution is 0.0661. The number of nitrogens with zero attached hydrogens (tertiary/aromatic N) is 2. The van der Waals surface area contributed by atoms with Crippen molar-refractivity contribution in [3.63, 3.8) is 0 Å². The second-order valence-corrected chi connectivity index (χ2v) is 9.84. The smallest absolute Gasteiger partial charge is 0.253 e. The zero-order chi connectivity index (χ0) is 21.9. The quantitative estimate of drug-likeness (QED) is 0.700. The molecule has 0 atom stereocenters. The van der Waals surface area contributed by atoms with Gasteiger partial charge in [0.1, 0.15) is 5.75 Å². The van der Waals surface area contributed by atoms with E-state index in [1.54, 1.807) is 12.1 Å². The molecule has 2 fully saturated rings. The van der Waals surface area contributed by atoms with Gasteiger partial charge in [0.15, 0.2) is 0 Å². The molecule has 0 radical (unpaired) electrons. The summed E-state index contributed by atoms with van der Waals surface area (Å²) >= 11 is 0. The molecule has 1 saturated heterocycles. The Kier molecular flexibility index (Phi) is 6.35. The Bertz CT molecular complexity index is 930. The van der Waals surface area contributed by atoms with Crippen molar-refractivity contribution in [1.29, 1.82) is 0 Å². The molecule has 1 saturated carbocycles. The zero-order valence-electron chi connectivity index (χ0n) is 19.0. The van der Waals surface area contributed by atoms with Gasteiger partial charge >= 0.3 is 0 Å². The molecule has 0 aromatic heterocycles. The molecule has 2 aliphatic heterocycles. The average molecular weight is 434 g/mol. The molecule has 2 heterocycles. The van der Waals surface area contributed by atoms with Crippen LogP contribution in [0.1, 0.15) is 47.2 Å². The standard InChI is InChI=1S/C27H35N3O2/c28-25-6-3-23(4-7-25)27(31)30-15-9-21(10-16-30)19-32-26-8-5-22-11-13-29(18-20-1-2-20)14-12-24(22)17-26/h3-8,17,20-21H,1-2,9-16,18-19,28H2.